The van der Waals surface area contributed by atoms with Crippen molar-refractivity contribution in [2.24, 2.45) is 5.73 Å². The summed E-state index contributed by atoms with van der Waals surface area (Å²) in [5, 5.41) is 0. The van der Waals surface area contributed by atoms with Gasteiger partial charge in [-0.15, -0.1) is 0 Å². The van der Waals surface area contributed by atoms with Crippen molar-refractivity contribution in [3.63, 3.8) is 0 Å². The monoisotopic (exact) mass is 248 g/mol. The van der Waals surface area contributed by atoms with Crippen LogP contribution in [0.5, 0.6) is 0 Å². The quantitative estimate of drug-likeness (QED) is 0.674. The smallest absolute Gasteiger partial charge is 0.158 e. The van der Waals surface area contributed by atoms with E-state index in [1.54, 1.807) is 14.2 Å². The number of hydrogen-bond donors (Lipinski definition) is 1. The van der Waals surface area contributed by atoms with Gasteiger partial charge in [0.25, 0.3) is 0 Å². The third-order valence-corrected chi connectivity index (χ3v) is 4.46. The molecular weight excluding hydrogens is 224 g/mol. The van der Waals surface area contributed by atoms with Crippen molar-refractivity contribution >= 4 is 11.8 Å². The van der Waals surface area contributed by atoms with E-state index in [9.17, 15) is 0 Å². The maximum Gasteiger partial charge on any atom is 0.158 e. The number of nitrogens with zero attached hydrogens (tertiary/aromatic N) is 1. The summed E-state index contributed by atoms with van der Waals surface area (Å²) in [5.41, 5.74) is 5.84. The van der Waals surface area contributed by atoms with Crippen LogP contribution in [0, 0.1) is 0 Å². The van der Waals surface area contributed by atoms with Crippen molar-refractivity contribution in [1.82, 2.24) is 4.90 Å². The van der Waals surface area contributed by atoms with Gasteiger partial charge in [0.2, 0.25) is 0 Å². The van der Waals surface area contributed by atoms with Gasteiger partial charge in [0.05, 0.1) is 0 Å². The Morgan fingerprint density at radius 2 is 2.12 bits per heavy atom. The number of hydrogen-bond acceptors (Lipinski definition) is 5. The van der Waals surface area contributed by atoms with Gasteiger partial charge in [-0.05, 0) is 19.2 Å². The average molecular weight is 248 g/mol. The first-order valence-corrected chi connectivity index (χ1v) is 6.93. The minimum atomic E-state index is -0.148. The Balaban J connectivity index is 2.44. The van der Waals surface area contributed by atoms with Crippen molar-refractivity contribution in [2.75, 3.05) is 39.3 Å². The van der Waals surface area contributed by atoms with E-state index in [0.29, 0.717) is 18.6 Å². The van der Waals surface area contributed by atoms with Crippen molar-refractivity contribution in [3.8, 4) is 0 Å². The van der Waals surface area contributed by atoms with Crippen LogP contribution in [0.2, 0.25) is 0 Å². The maximum absolute atomic E-state index is 5.84. The fourth-order valence-electron chi connectivity index (χ4n) is 2.08. The zero-order valence-corrected chi connectivity index (χ0v) is 11.3. The molecule has 0 aromatic carbocycles. The highest BCUT2D eigenvalue weighted by atomic mass is 32.2. The summed E-state index contributed by atoms with van der Waals surface area (Å²) < 4.78 is 10.5. The normalized spacial score (nSPS) is 23.2. The molecule has 1 fully saturated rings. The van der Waals surface area contributed by atoms with Gasteiger partial charge in [-0.1, -0.05) is 0 Å². The molecule has 16 heavy (non-hydrogen) atoms. The fourth-order valence-corrected chi connectivity index (χ4v) is 3.36. The van der Waals surface area contributed by atoms with Gasteiger partial charge in [-0.2, -0.15) is 11.8 Å². The molecule has 0 spiro atoms. The Morgan fingerprint density at radius 3 is 2.56 bits per heavy atom. The van der Waals surface area contributed by atoms with Crippen molar-refractivity contribution in [1.29, 1.82) is 0 Å². The predicted molar refractivity (Wildman–Crippen MR) is 68.8 cm³/mol. The molecule has 1 heterocycles. The molecule has 1 saturated heterocycles. The van der Waals surface area contributed by atoms with E-state index >= 15 is 0 Å². The minimum absolute atomic E-state index is 0.148. The van der Waals surface area contributed by atoms with E-state index in [1.165, 1.54) is 17.9 Å². The van der Waals surface area contributed by atoms with Crippen LogP contribution in [0.3, 0.4) is 0 Å². The molecule has 2 N–H and O–H groups in total. The second-order valence-corrected chi connectivity index (χ2v) is 5.36. The van der Waals surface area contributed by atoms with Crippen LogP contribution in [0.1, 0.15) is 12.8 Å². The van der Waals surface area contributed by atoms with E-state index in [2.05, 4.69) is 11.9 Å². The summed E-state index contributed by atoms with van der Waals surface area (Å²) in [7, 11) is 5.51. The van der Waals surface area contributed by atoms with Crippen molar-refractivity contribution in [3.05, 3.63) is 0 Å². The largest absolute Gasteiger partial charge is 0.356 e. The second kappa shape index (κ2) is 7.50. The van der Waals surface area contributed by atoms with Crippen LogP contribution in [0.4, 0.5) is 0 Å². The van der Waals surface area contributed by atoms with Crippen molar-refractivity contribution in [2.45, 2.75) is 31.2 Å². The van der Waals surface area contributed by atoms with Gasteiger partial charge in [0.1, 0.15) is 0 Å². The first-order valence-electron chi connectivity index (χ1n) is 5.78. The number of rotatable bonds is 7. The van der Waals surface area contributed by atoms with E-state index in [-0.39, 0.29) is 6.29 Å². The molecule has 0 aromatic heterocycles. The summed E-state index contributed by atoms with van der Waals surface area (Å²) in [6, 6.07) is 1.00. The van der Waals surface area contributed by atoms with Crippen LogP contribution in [-0.4, -0.2) is 62.6 Å². The molecule has 2 unspecified atom stereocenters. The van der Waals surface area contributed by atoms with Crippen LogP contribution in [-0.2, 0) is 9.47 Å². The van der Waals surface area contributed by atoms with Crippen molar-refractivity contribution < 1.29 is 9.47 Å². The number of thioether (sulfide) groups is 1. The summed E-state index contributed by atoms with van der Waals surface area (Å²) in [6.45, 7) is 0.654. The lowest BCUT2D eigenvalue weighted by Gasteiger charge is -2.33. The van der Waals surface area contributed by atoms with Crippen LogP contribution < -0.4 is 5.73 Å². The van der Waals surface area contributed by atoms with E-state index in [0.717, 1.165) is 6.42 Å². The van der Waals surface area contributed by atoms with Gasteiger partial charge >= 0.3 is 0 Å². The Labute approximate surface area is 103 Å². The number of nitrogens with two attached hydrogens (primary N) is 1. The molecule has 0 aliphatic carbocycles. The fraction of sp³-hybridized carbons (Fsp3) is 1.00. The molecule has 0 radical (unpaired) electrons. The first-order chi connectivity index (χ1) is 7.72. The lowest BCUT2D eigenvalue weighted by molar-refractivity contribution is -0.116. The summed E-state index contributed by atoms with van der Waals surface area (Å²) in [6.07, 6.45) is 1.95. The number of methoxy groups -OCH3 is 2. The third kappa shape index (κ3) is 3.89. The Bertz CT molecular complexity index is 185. The molecule has 96 valence electrons. The lowest BCUT2D eigenvalue weighted by Crippen LogP contribution is -2.46. The average Bonchev–Trinajstić information content (AvgIpc) is 2.83. The first kappa shape index (κ1) is 14.3. The van der Waals surface area contributed by atoms with Gasteiger partial charge in [-0.25, -0.2) is 0 Å². The molecule has 0 bridgehead atoms. The maximum atomic E-state index is 5.84. The molecule has 0 amide bonds. The lowest BCUT2D eigenvalue weighted by atomic mass is 10.1. The second-order valence-electron chi connectivity index (χ2n) is 4.21. The molecule has 2 atom stereocenters. The summed E-state index contributed by atoms with van der Waals surface area (Å²) in [4.78, 5) is 2.39. The van der Waals surface area contributed by atoms with Crippen LogP contribution in [0.15, 0.2) is 0 Å². The molecular formula is C11H24N2O2S. The predicted octanol–water partition coefficient (Wildman–Crippen LogP) is 0.760. The Hall–Kier alpha value is 0.190. The topological polar surface area (TPSA) is 47.7 Å². The molecule has 1 aliphatic rings. The van der Waals surface area contributed by atoms with E-state index in [1.807, 2.05) is 11.8 Å². The Kier molecular flexibility index (Phi) is 6.68. The van der Waals surface area contributed by atoms with Gasteiger partial charge in [0, 0.05) is 45.0 Å². The summed E-state index contributed by atoms with van der Waals surface area (Å²) in [5.74, 6) is 2.49. The number of likely N-dealkylation sites (N-methyl/N-ethyl adjacent to an activating group) is 1. The third-order valence-electron chi connectivity index (χ3n) is 3.32. The van der Waals surface area contributed by atoms with Crippen LogP contribution in [0.25, 0.3) is 0 Å². The van der Waals surface area contributed by atoms with E-state index < -0.39 is 0 Å². The standard InChI is InChI=1S/C11H24N2O2S/c1-13(9-4-5-16-8-9)10(7-12)6-11(14-2)15-3/h9-11H,4-8,12H2,1-3H3. The zero-order chi connectivity index (χ0) is 12.0. The molecule has 1 rings (SSSR count). The number of ether oxygens (including phenoxy) is 2. The van der Waals surface area contributed by atoms with Gasteiger partial charge in [0.15, 0.2) is 6.29 Å². The highest BCUT2D eigenvalue weighted by Gasteiger charge is 2.27. The Morgan fingerprint density at radius 1 is 1.44 bits per heavy atom. The minimum Gasteiger partial charge on any atom is -0.356 e. The molecule has 5 heteroatoms. The molecule has 0 saturated carbocycles. The van der Waals surface area contributed by atoms with E-state index in [4.69, 9.17) is 15.2 Å². The molecule has 1 aliphatic heterocycles. The highest BCUT2D eigenvalue weighted by Crippen LogP contribution is 2.23. The molecule has 4 nitrogen and oxygen atoms in total. The van der Waals surface area contributed by atoms with Crippen LogP contribution >= 0.6 is 11.8 Å². The summed E-state index contributed by atoms with van der Waals surface area (Å²) >= 11 is 2.02. The molecule has 0 aromatic rings. The SMILES string of the molecule is COC(CC(CN)N(C)C1CCSC1)OC. The highest BCUT2D eigenvalue weighted by molar-refractivity contribution is 7.99. The zero-order valence-electron chi connectivity index (χ0n) is 10.5. The van der Waals surface area contributed by atoms with Gasteiger partial charge < -0.3 is 15.2 Å². The van der Waals surface area contributed by atoms with Gasteiger partial charge in [-0.3, -0.25) is 4.90 Å².